The summed E-state index contributed by atoms with van der Waals surface area (Å²) in [6.07, 6.45) is 4.96. The van der Waals surface area contributed by atoms with Gasteiger partial charge >= 0.3 is 5.97 Å². The fourth-order valence-electron chi connectivity index (χ4n) is 1.21. The van der Waals surface area contributed by atoms with E-state index < -0.39 is 0 Å². The second-order valence-electron chi connectivity index (χ2n) is 2.90. The van der Waals surface area contributed by atoms with Crippen molar-refractivity contribution in [1.82, 2.24) is 0 Å². The first kappa shape index (κ1) is 8.31. The molecule has 2 nitrogen and oxygen atoms in total. The SMILES string of the molecule is CCCCC1=CC(=O)OC1C. The van der Waals surface area contributed by atoms with E-state index in [1.165, 1.54) is 0 Å². The number of carbonyl (C=O) groups excluding carboxylic acids is 1. The molecule has 0 aromatic heterocycles. The van der Waals surface area contributed by atoms with Gasteiger partial charge in [-0.15, -0.1) is 0 Å². The highest BCUT2D eigenvalue weighted by molar-refractivity contribution is 5.85. The standard InChI is InChI=1S/C9H14O2/c1-3-4-5-8-6-9(10)11-7(8)2/h6-7H,3-5H2,1-2H3. The Morgan fingerprint density at radius 3 is 2.82 bits per heavy atom. The van der Waals surface area contributed by atoms with Crippen molar-refractivity contribution in [2.24, 2.45) is 0 Å². The summed E-state index contributed by atoms with van der Waals surface area (Å²) >= 11 is 0. The number of rotatable bonds is 3. The van der Waals surface area contributed by atoms with Crippen LogP contribution in [-0.4, -0.2) is 12.1 Å². The molecule has 0 aromatic carbocycles. The Hall–Kier alpha value is -0.790. The minimum absolute atomic E-state index is 0.0223. The lowest BCUT2D eigenvalue weighted by Crippen LogP contribution is -2.05. The predicted molar refractivity (Wildman–Crippen MR) is 43.2 cm³/mol. The molecule has 1 unspecified atom stereocenters. The minimum Gasteiger partial charge on any atom is -0.455 e. The van der Waals surface area contributed by atoms with Gasteiger partial charge in [-0.25, -0.2) is 4.79 Å². The van der Waals surface area contributed by atoms with E-state index in [2.05, 4.69) is 6.92 Å². The van der Waals surface area contributed by atoms with Gasteiger partial charge in [0.1, 0.15) is 6.10 Å². The fourth-order valence-corrected chi connectivity index (χ4v) is 1.21. The number of ether oxygens (including phenoxy) is 1. The zero-order valence-corrected chi connectivity index (χ0v) is 7.09. The molecule has 0 N–H and O–H groups in total. The molecule has 1 aliphatic rings. The van der Waals surface area contributed by atoms with Gasteiger partial charge in [0.15, 0.2) is 0 Å². The molecule has 0 saturated heterocycles. The summed E-state index contributed by atoms with van der Waals surface area (Å²) < 4.78 is 4.94. The number of carbonyl (C=O) groups is 1. The smallest absolute Gasteiger partial charge is 0.331 e. The third-order valence-corrected chi connectivity index (χ3v) is 1.94. The van der Waals surface area contributed by atoms with Crippen LogP contribution >= 0.6 is 0 Å². The molecule has 11 heavy (non-hydrogen) atoms. The van der Waals surface area contributed by atoms with Crippen LogP contribution in [0.4, 0.5) is 0 Å². The van der Waals surface area contributed by atoms with Crippen LogP contribution in [0.15, 0.2) is 11.6 Å². The van der Waals surface area contributed by atoms with Gasteiger partial charge in [0.05, 0.1) is 0 Å². The molecular formula is C9H14O2. The number of unbranched alkanes of at least 4 members (excludes halogenated alkanes) is 1. The van der Waals surface area contributed by atoms with Crippen molar-refractivity contribution >= 4 is 5.97 Å². The van der Waals surface area contributed by atoms with Crippen LogP contribution in [0.1, 0.15) is 33.1 Å². The summed E-state index contributed by atoms with van der Waals surface area (Å²) in [5, 5.41) is 0. The molecule has 0 fully saturated rings. The van der Waals surface area contributed by atoms with Crippen LogP contribution in [0.2, 0.25) is 0 Å². The molecule has 1 heterocycles. The van der Waals surface area contributed by atoms with Crippen LogP contribution in [0.3, 0.4) is 0 Å². The molecule has 0 aromatic rings. The van der Waals surface area contributed by atoms with Gasteiger partial charge in [0.25, 0.3) is 0 Å². The van der Waals surface area contributed by atoms with Crippen LogP contribution in [-0.2, 0) is 9.53 Å². The Labute approximate surface area is 67.2 Å². The van der Waals surface area contributed by atoms with E-state index in [-0.39, 0.29) is 12.1 Å². The van der Waals surface area contributed by atoms with Crippen molar-refractivity contribution in [3.63, 3.8) is 0 Å². The molecule has 1 atom stereocenters. The molecule has 62 valence electrons. The molecule has 0 bridgehead atoms. The predicted octanol–water partition coefficient (Wildman–Crippen LogP) is 2.05. The Morgan fingerprint density at radius 2 is 2.36 bits per heavy atom. The molecule has 1 rings (SSSR count). The summed E-state index contributed by atoms with van der Waals surface area (Å²) in [7, 11) is 0. The largest absolute Gasteiger partial charge is 0.455 e. The molecule has 0 radical (unpaired) electrons. The van der Waals surface area contributed by atoms with Gasteiger partial charge in [-0.2, -0.15) is 0 Å². The average Bonchev–Trinajstić information content (AvgIpc) is 2.26. The van der Waals surface area contributed by atoms with E-state index in [1.54, 1.807) is 6.08 Å². The monoisotopic (exact) mass is 154 g/mol. The number of esters is 1. The van der Waals surface area contributed by atoms with Crippen molar-refractivity contribution in [3.05, 3.63) is 11.6 Å². The minimum atomic E-state index is -0.177. The maximum atomic E-state index is 10.7. The summed E-state index contributed by atoms with van der Waals surface area (Å²) in [4.78, 5) is 10.7. The highest BCUT2D eigenvalue weighted by Gasteiger charge is 2.20. The Kier molecular flexibility index (Phi) is 2.69. The first-order chi connectivity index (χ1) is 5.24. The number of hydrogen-bond acceptors (Lipinski definition) is 2. The zero-order chi connectivity index (χ0) is 8.27. The number of hydrogen-bond donors (Lipinski definition) is 0. The zero-order valence-electron chi connectivity index (χ0n) is 7.09. The maximum Gasteiger partial charge on any atom is 0.331 e. The molecular weight excluding hydrogens is 140 g/mol. The highest BCUT2D eigenvalue weighted by Crippen LogP contribution is 2.20. The van der Waals surface area contributed by atoms with E-state index in [9.17, 15) is 4.79 Å². The average molecular weight is 154 g/mol. The second-order valence-corrected chi connectivity index (χ2v) is 2.90. The first-order valence-corrected chi connectivity index (χ1v) is 4.15. The maximum absolute atomic E-state index is 10.7. The summed E-state index contributed by atoms with van der Waals surface area (Å²) in [5.41, 5.74) is 1.15. The van der Waals surface area contributed by atoms with E-state index in [0.29, 0.717) is 0 Å². The summed E-state index contributed by atoms with van der Waals surface area (Å²) in [5.74, 6) is -0.177. The quantitative estimate of drug-likeness (QED) is 0.581. The van der Waals surface area contributed by atoms with Crippen molar-refractivity contribution in [2.75, 3.05) is 0 Å². The summed E-state index contributed by atoms with van der Waals surface area (Å²) in [6.45, 7) is 4.06. The Balaban J connectivity index is 2.43. The van der Waals surface area contributed by atoms with Gasteiger partial charge in [-0.1, -0.05) is 13.3 Å². The van der Waals surface area contributed by atoms with Gasteiger partial charge < -0.3 is 4.74 Å². The van der Waals surface area contributed by atoms with Crippen LogP contribution < -0.4 is 0 Å². The molecule has 0 spiro atoms. The lowest BCUT2D eigenvalue weighted by atomic mass is 10.1. The van der Waals surface area contributed by atoms with Crippen molar-refractivity contribution < 1.29 is 9.53 Å². The lowest BCUT2D eigenvalue weighted by Gasteiger charge is -2.06. The Bertz CT molecular complexity index is 182. The van der Waals surface area contributed by atoms with Crippen LogP contribution in [0.25, 0.3) is 0 Å². The molecule has 0 saturated carbocycles. The normalized spacial score (nSPS) is 23.3. The van der Waals surface area contributed by atoms with E-state index in [1.807, 2.05) is 6.92 Å². The van der Waals surface area contributed by atoms with Crippen LogP contribution in [0, 0.1) is 0 Å². The molecule has 1 aliphatic heterocycles. The Morgan fingerprint density at radius 1 is 1.64 bits per heavy atom. The third kappa shape index (κ3) is 2.07. The van der Waals surface area contributed by atoms with Gasteiger partial charge in [-0.05, 0) is 25.3 Å². The van der Waals surface area contributed by atoms with Crippen LogP contribution in [0.5, 0.6) is 0 Å². The van der Waals surface area contributed by atoms with E-state index in [4.69, 9.17) is 4.74 Å². The van der Waals surface area contributed by atoms with Gasteiger partial charge in [0, 0.05) is 6.08 Å². The van der Waals surface area contributed by atoms with Gasteiger partial charge in [0.2, 0.25) is 0 Å². The topological polar surface area (TPSA) is 26.3 Å². The number of cyclic esters (lactones) is 1. The molecule has 2 heteroatoms. The van der Waals surface area contributed by atoms with Gasteiger partial charge in [-0.3, -0.25) is 0 Å². The highest BCUT2D eigenvalue weighted by atomic mass is 16.5. The fraction of sp³-hybridized carbons (Fsp3) is 0.667. The van der Waals surface area contributed by atoms with Crippen molar-refractivity contribution in [2.45, 2.75) is 39.2 Å². The van der Waals surface area contributed by atoms with E-state index >= 15 is 0 Å². The van der Waals surface area contributed by atoms with Crippen molar-refractivity contribution in [3.8, 4) is 0 Å². The first-order valence-electron chi connectivity index (χ1n) is 4.15. The molecule has 0 aliphatic carbocycles. The molecule has 0 amide bonds. The second kappa shape index (κ2) is 3.56. The lowest BCUT2D eigenvalue weighted by molar-refractivity contribution is -0.138. The van der Waals surface area contributed by atoms with Crippen molar-refractivity contribution in [1.29, 1.82) is 0 Å². The van der Waals surface area contributed by atoms with E-state index in [0.717, 1.165) is 24.8 Å². The third-order valence-electron chi connectivity index (χ3n) is 1.94. The summed E-state index contributed by atoms with van der Waals surface area (Å²) in [6, 6.07) is 0.